The summed E-state index contributed by atoms with van der Waals surface area (Å²) >= 11 is 0. The van der Waals surface area contributed by atoms with Gasteiger partial charge in [0.15, 0.2) is 0 Å². The van der Waals surface area contributed by atoms with Crippen molar-refractivity contribution in [3.05, 3.63) is 47.8 Å². The summed E-state index contributed by atoms with van der Waals surface area (Å²) in [7, 11) is 0. The second-order valence-corrected chi connectivity index (χ2v) is 3.46. The molecule has 0 aliphatic heterocycles. The molecule has 80 valence electrons. The Kier molecular flexibility index (Phi) is 2.94. The molecule has 16 heavy (non-hydrogen) atoms. The zero-order chi connectivity index (χ0) is 11.4. The molecule has 0 spiro atoms. The van der Waals surface area contributed by atoms with Gasteiger partial charge in [0, 0.05) is 11.9 Å². The first-order valence-corrected chi connectivity index (χ1v) is 4.95. The van der Waals surface area contributed by atoms with Gasteiger partial charge < -0.3 is 0 Å². The summed E-state index contributed by atoms with van der Waals surface area (Å²) in [5.41, 5.74) is 3.07. The molecule has 0 radical (unpaired) electrons. The Morgan fingerprint density at radius 3 is 2.62 bits per heavy atom. The number of isocyanates is 1. The maximum atomic E-state index is 9.97. The number of aromatic nitrogens is 2. The van der Waals surface area contributed by atoms with E-state index in [9.17, 15) is 4.79 Å². The molecule has 4 nitrogen and oxygen atoms in total. The van der Waals surface area contributed by atoms with Gasteiger partial charge in [-0.1, -0.05) is 12.1 Å². The van der Waals surface area contributed by atoms with Crippen LogP contribution in [-0.2, 0) is 11.3 Å². The monoisotopic (exact) mass is 213 g/mol. The number of carbonyl (C=O) groups excluding carboxylic acids is 1. The summed E-state index contributed by atoms with van der Waals surface area (Å²) in [6.45, 7) is 2.37. The van der Waals surface area contributed by atoms with Crippen LogP contribution in [0.5, 0.6) is 0 Å². The van der Waals surface area contributed by atoms with Crippen molar-refractivity contribution >= 4 is 6.08 Å². The maximum Gasteiger partial charge on any atom is 0.235 e. The molecule has 0 atom stereocenters. The van der Waals surface area contributed by atoms with Crippen LogP contribution in [0, 0.1) is 6.92 Å². The third kappa shape index (κ3) is 2.07. The van der Waals surface area contributed by atoms with E-state index in [2.05, 4.69) is 10.1 Å². The van der Waals surface area contributed by atoms with Crippen molar-refractivity contribution in [2.75, 3.05) is 0 Å². The Morgan fingerprint density at radius 2 is 2.06 bits per heavy atom. The fourth-order valence-electron chi connectivity index (χ4n) is 1.51. The number of aliphatic imine (C=N–C) groups is 1. The maximum absolute atomic E-state index is 9.97. The van der Waals surface area contributed by atoms with E-state index in [1.807, 2.05) is 41.9 Å². The van der Waals surface area contributed by atoms with Crippen LogP contribution in [0.4, 0.5) is 0 Å². The van der Waals surface area contributed by atoms with Crippen molar-refractivity contribution in [3.8, 4) is 5.69 Å². The Labute approximate surface area is 93.2 Å². The molecular formula is C12H11N3O. The summed E-state index contributed by atoms with van der Waals surface area (Å²) in [4.78, 5) is 13.5. The van der Waals surface area contributed by atoms with Crippen LogP contribution < -0.4 is 0 Å². The average Bonchev–Trinajstić information content (AvgIpc) is 2.74. The predicted octanol–water partition coefficient (Wildman–Crippen LogP) is 2.02. The van der Waals surface area contributed by atoms with Crippen molar-refractivity contribution in [3.63, 3.8) is 0 Å². The lowest BCUT2D eigenvalue weighted by molar-refractivity contribution is 0.563. The fraction of sp³-hybridized carbons (Fsp3) is 0.167. The highest BCUT2D eigenvalue weighted by atomic mass is 16.1. The van der Waals surface area contributed by atoms with E-state index in [0.717, 1.165) is 16.9 Å². The van der Waals surface area contributed by atoms with E-state index >= 15 is 0 Å². The molecule has 0 fully saturated rings. The van der Waals surface area contributed by atoms with Gasteiger partial charge in [0.25, 0.3) is 0 Å². The molecule has 0 aliphatic carbocycles. The van der Waals surface area contributed by atoms with E-state index in [4.69, 9.17) is 0 Å². The lowest BCUT2D eigenvalue weighted by Gasteiger charge is -2.04. The van der Waals surface area contributed by atoms with Crippen molar-refractivity contribution in [1.82, 2.24) is 9.78 Å². The zero-order valence-electron chi connectivity index (χ0n) is 8.92. The topological polar surface area (TPSA) is 47.2 Å². The molecule has 2 aromatic rings. The Bertz CT molecular complexity index is 521. The second kappa shape index (κ2) is 4.55. The fourth-order valence-corrected chi connectivity index (χ4v) is 1.51. The molecule has 0 unspecified atom stereocenters. The standard InChI is InChI=1S/C12H11N3O/c1-10-6-7-14-15(10)12-4-2-11(3-5-12)8-13-9-16/h2-7H,8H2,1H3. The molecule has 2 rings (SSSR count). The number of aryl methyl sites for hydroxylation is 1. The molecule has 1 heterocycles. The van der Waals surface area contributed by atoms with Gasteiger partial charge in [-0.15, -0.1) is 0 Å². The highest BCUT2D eigenvalue weighted by Crippen LogP contribution is 2.11. The first-order chi connectivity index (χ1) is 7.81. The first kappa shape index (κ1) is 10.3. The van der Waals surface area contributed by atoms with E-state index in [1.165, 1.54) is 6.08 Å². The predicted molar refractivity (Wildman–Crippen MR) is 60.1 cm³/mol. The molecule has 0 amide bonds. The Hall–Kier alpha value is -2.19. The van der Waals surface area contributed by atoms with Crippen molar-refractivity contribution in [2.24, 2.45) is 4.99 Å². The number of hydrogen-bond acceptors (Lipinski definition) is 3. The lowest BCUT2D eigenvalue weighted by Crippen LogP contribution is -1.98. The third-order valence-electron chi connectivity index (χ3n) is 2.34. The summed E-state index contributed by atoms with van der Waals surface area (Å²) in [5, 5.41) is 4.21. The van der Waals surface area contributed by atoms with Crippen molar-refractivity contribution in [1.29, 1.82) is 0 Å². The minimum absolute atomic E-state index is 0.377. The van der Waals surface area contributed by atoms with E-state index < -0.39 is 0 Å². The summed E-state index contributed by atoms with van der Waals surface area (Å²) in [6.07, 6.45) is 3.29. The normalized spacial score (nSPS) is 9.81. The molecule has 0 N–H and O–H groups in total. The van der Waals surface area contributed by atoms with Crippen LogP contribution in [-0.4, -0.2) is 15.9 Å². The van der Waals surface area contributed by atoms with Gasteiger partial charge in [-0.25, -0.2) is 14.5 Å². The highest BCUT2D eigenvalue weighted by molar-refractivity contribution is 5.37. The SMILES string of the molecule is Cc1ccnn1-c1ccc(CN=C=O)cc1. The minimum atomic E-state index is 0.377. The van der Waals surface area contributed by atoms with Crippen LogP contribution >= 0.6 is 0 Å². The van der Waals surface area contributed by atoms with Crippen molar-refractivity contribution in [2.45, 2.75) is 13.5 Å². The smallest absolute Gasteiger partial charge is 0.235 e. The van der Waals surface area contributed by atoms with Gasteiger partial charge in [0.2, 0.25) is 6.08 Å². The number of hydrogen-bond donors (Lipinski definition) is 0. The molecule has 1 aromatic carbocycles. The first-order valence-electron chi connectivity index (χ1n) is 4.95. The molecule has 1 aromatic heterocycles. The third-order valence-corrected chi connectivity index (χ3v) is 2.34. The Balaban J connectivity index is 2.26. The van der Waals surface area contributed by atoms with Crippen LogP contribution in [0.1, 0.15) is 11.3 Å². The quantitative estimate of drug-likeness (QED) is 0.578. The summed E-state index contributed by atoms with van der Waals surface area (Å²) < 4.78 is 1.85. The van der Waals surface area contributed by atoms with Crippen LogP contribution in [0.15, 0.2) is 41.5 Å². The zero-order valence-corrected chi connectivity index (χ0v) is 8.92. The van der Waals surface area contributed by atoms with Gasteiger partial charge in [-0.05, 0) is 30.7 Å². The van der Waals surface area contributed by atoms with Crippen LogP contribution in [0.2, 0.25) is 0 Å². The molecule has 0 saturated carbocycles. The van der Waals surface area contributed by atoms with E-state index in [0.29, 0.717) is 6.54 Å². The van der Waals surface area contributed by atoms with Crippen LogP contribution in [0.3, 0.4) is 0 Å². The number of rotatable bonds is 3. The highest BCUT2D eigenvalue weighted by Gasteiger charge is 2.00. The molecule has 0 bridgehead atoms. The number of nitrogens with zero attached hydrogens (tertiary/aromatic N) is 3. The van der Waals surface area contributed by atoms with Gasteiger partial charge in [-0.2, -0.15) is 5.10 Å². The van der Waals surface area contributed by atoms with Gasteiger partial charge >= 0.3 is 0 Å². The molecule has 4 heteroatoms. The summed E-state index contributed by atoms with van der Waals surface area (Å²) in [6, 6.07) is 9.71. The Morgan fingerprint density at radius 1 is 1.31 bits per heavy atom. The average molecular weight is 213 g/mol. The number of benzene rings is 1. The molecular weight excluding hydrogens is 202 g/mol. The van der Waals surface area contributed by atoms with Crippen molar-refractivity contribution < 1.29 is 4.79 Å². The van der Waals surface area contributed by atoms with E-state index in [-0.39, 0.29) is 0 Å². The van der Waals surface area contributed by atoms with Gasteiger partial charge in [0.1, 0.15) is 0 Å². The van der Waals surface area contributed by atoms with Crippen LogP contribution in [0.25, 0.3) is 5.69 Å². The lowest BCUT2D eigenvalue weighted by atomic mass is 10.2. The van der Waals surface area contributed by atoms with Gasteiger partial charge in [0.05, 0.1) is 12.2 Å². The largest absolute Gasteiger partial charge is 0.238 e. The second-order valence-electron chi connectivity index (χ2n) is 3.46. The van der Waals surface area contributed by atoms with E-state index in [1.54, 1.807) is 6.20 Å². The molecule has 0 saturated heterocycles. The van der Waals surface area contributed by atoms with Gasteiger partial charge in [-0.3, -0.25) is 0 Å². The molecule has 0 aliphatic rings. The minimum Gasteiger partial charge on any atom is -0.238 e. The summed E-state index contributed by atoms with van der Waals surface area (Å²) in [5.74, 6) is 0.